The van der Waals surface area contributed by atoms with Gasteiger partial charge in [0.25, 0.3) is 0 Å². The van der Waals surface area contributed by atoms with Gasteiger partial charge in [-0.15, -0.1) is 0 Å². The molecule has 0 saturated carbocycles. The molecule has 8 nitrogen and oxygen atoms in total. The van der Waals surface area contributed by atoms with Crippen molar-refractivity contribution in [2.45, 2.75) is 58.3 Å². The summed E-state index contributed by atoms with van der Waals surface area (Å²) in [5, 5.41) is 14.1. The molecule has 0 aromatic heterocycles. The van der Waals surface area contributed by atoms with Gasteiger partial charge in [-0.3, -0.25) is 4.79 Å². The average molecular weight is 318 g/mol. The Hall–Kier alpha value is -1.83. The summed E-state index contributed by atoms with van der Waals surface area (Å²) in [7, 11) is 1.21. The molecule has 0 aromatic carbocycles. The minimum atomic E-state index is -0.897. The number of hydrogen-bond donors (Lipinski definition) is 3. The molecule has 3 N–H and O–H groups in total. The maximum atomic E-state index is 11.6. The molecule has 0 aliphatic carbocycles. The van der Waals surface area contributed by atoms with Crippen LogP contribution < -0.4 is 10.6 Å². The lowest BCUT2D eigenvalue weighted by Crippen LogP contribution is -2.44. The normalized spacial score (nSPS) is 13.7. The number of carbonyl (C=O) groups is 3. The van der Waals surface area contributed by atoms with Crippen molar-refractivity contribution in [3.05, 3.63) is 0 Å². The number of carbonyl (C=O) groups excluding carboxylic acids is 3. The Bertz CT molecular complexity index is 389. The first-order valence-electron chi connectivity index (χ1n) is 7.07. The predicted octanol–water partition coefficient (Wildman–Crippen LogP) is 0.330. The molecule has 0 radical (unpaired) electrons. The second-order valence-corrected chi connectivity index (χ2v) is 5.91. The number of esters is 1. The quantitative estimate of drug-likeness (QED) is 0.583. The molecule has 0 spiro atoms. The van der Waals surface area contributed by atoms with Crippen molar-refractivity contribution in [3.8, 4) is 0 Å². The molecule has 8 heteroatoms. The highest BCUT2D eigenvalue weighted by atomic mass is 16.6. The molecule has 2 atom stereocenters. The molecule has 2 amide bonds. The van der Waals surface area contributed by atoms with Gasteiger partial charge < -0.3 is 25.2 Å². The summed E-state index contributed by atoms with van der Waals surface area (Å²) in [5.41, 5.74) is -0.614. The van der Waals surface area contributed by atoms with Gasteiger partial charge in [0.05, 0.1) is 19.6 Å². The van der Waals surface area contributed by atoms with Crippen LogP contribution in [0.2, 0.25) is 0 Å². The first-order valence-corrected chi connectivity index (χ1v) is 7.07. The summed E-state index contributed by atoms with van der Waals surface area (Å²) in [6.45, 7) is 6.81. The second kappa shape index (κ2) is 9.24. The number of nitrogens with one attached hydrogen (secondary N) is 2. The molecular formula is C14H26N2O6. The van der Waals surface area contributed by atoms with E-state index in [9.17, 15) is 14.4 Å². The van der Waals surface area contributed by atoms with Crippen LogP contribution in [0.3, 0.4) is 0 Å². The zero-order chi connectivity index (χ0) is 17.3. The third kappa shape index (κ3) is 9.98. The van der Waals surface area contributed by atoms with Gasteiger partial charge >= 0.3 is 12.1 Å². The number of methoxy groups -OCH3 is 1. The standard InChI is InChI=1S/C14H26N2O6/c1-9(17)8-11(18)16-10(12(19)21-5)6-7-15-13(20)22-14(2,3)4/h9-10,17H,6-8H2,1-5H3,(H,15,20)(H,16,18)/t9-,10+/m1/s1. The highest BCUT2D eigenvalue weighted by Gasteiger charge is 2.22. The number of amides is 2. The predicted molar refractivity (Wildman–Crippen MR) is 79.1 cm³/mol. The molecule has 22 heavy (non-hydrogen) atoms. The third-order valence-corrected chi connectivity index (χ3v) is 2.40. The van der Waals surface area contributed by atoms with Crippen molar-refractivity contribution in [3.63, 3.8) is 0 Å². The van der Waals surface area contributed by atoms with Crippen molar-refractivity contribution in [2.24, 2.45) is 0 Å². The molecule has 0 unspecified atom stereocenters. The van der Waals surface area contributed by atoms with Crippen LogP contribution in [0.1, 0.15) is 40.5 Å². The molecule has 0 saturated heterocycles. The average Bonchev–Trinajstić information content (AvgIpc) is 2.33. The first kappa shape index (κ1) is 20.2. The van der Waals surface area contributed by atoms with Crippen LogP contribution >= 0.6 is 0 Å². The summed E-state index contributed by atoms with van der Waals surface area (Å²) in [6, 6.07) is -0.897. The number of aliphatic hydroxyl groups excluding tert-OH is 1. The fraction of sp³-hybridized carbons (Fsp3) is 0.786. The van der Waals surface area contributed by atoms with E-state index in [0.717, 1.165) is 0 Å². The summed E-state index contributed by atoms with van der Waals surface area (Å²) in [6.07, 6.45) is -1.38. The van der Waals surface area contributed by atoms with Gasteiger partial charge in [-0.05, 0) is 34.1 Å². The first-order chi connectivity index (χ1) is 10.0. The Morgan fingerprint density at radius 1 is 1.23 bits per heavy atom. The van der Waals surface area contributed by atoms with Crippen molar-refractivity contribution in [2.75, 3.05) is 13.7 Å². The number of alkyl carbamates (subject to hydrolysis) is 1. The molecule has 0 rings (SSSR count). The number of hydrogen-bond acceptors (Lipinski definition) is 6. The number of aliphatic hydroxyl groups is 1. The van der Waals surface area contributed by atoms with Crippen LogP contribution in [-0.4, -0.2) is 54.5 Å². The number of ether oxygens (including phenoxy) is 2. The van der Waals surface area contributed by atoms with Crippen LogP contribution in [0.15, 0.2) is 0 Å². The van der Waals surface area contributed by atoms with Crippen molar-refractivity contribution in [1.82, 2.24) is 10.6 Å². The Balaban J connectivity index is 4.35. The molecule has 0 aromatic rings. The van der Waals surface area contributed by atoms with Crippen molar-refractivity contribution >= 4 is 18.0 Å². The van der Waals surface area contributed by atoms with Gasteiger partial charge in [-0.25, -0.2) is 9.59 Å². The van der Waals surface area contributed by atoms with Crippen LogP contribution in [-0.2, 0) is 19.1 Å². The maximum absolute atomic E-state index is 11.6. The topological polar surface area (TPSA) is 114 Å². The summed E-state index contributed by atoms with van der Waals surface area (Å²) < 4.78 is 9.65. The zero-order valence-corrected chi connectivity index (χ0v) is 13.8. The lowest BCUT2D eigenvalue weighted by atomic mass is 10.2. The van der Waals surface area contributed by atoms with E-state index in [2.05, 4.69) is 15.4 Å². The largest absolute Gasteiger partial charge is 0.467 e. The van der Waals surface area contributed by atoms with E-state index in [-0.39, 0.29) is 19.4 Å². The van der Waals surface area contributed by atoms with Crippen molar-refractivity contribution in [1.29, 1.82) is 0 Å². The summed E-state index contributed by atoms with van der Waals surface area (Å²) in [4.78, 5) is 34.6. The van der Waals surface area contributed by atoms with E-state index < -0.39 is 35.7 Å². The van der Waals surface area contributed by atoms with Gasteiger partial charge in [0.2, 0.25) is 5.91 Å². The van der Waals surface area contributed by atoms with Gasteiger partial charge in [0.1, 0.15) is 11.6 Å². The van der Waals surface area contributed by atoms with E-state index >= 15 is 0 Å². The lowest BCUT2D eigenvalue weighted by molar-refractivity contribution is -0.145. The zero-order valence-electron chi connectivity index (χ0n) is 13.8. The van der Waals surface area contributed by atoms with Gasteiger partial charge in [-0.2, -0.15) is 0 Å². The lowest BCUT2D eigenvalue weighted by Gasteiger charge is -2.21. The SMILES string of the molecule is COC(=O)[C@H](CCNC(=O)OC(C)(C)C)NC(=O)C[C@@H](C)O. The molecule has 0 fully saturated rings. The third-order valence-electron chi connectivity index (χ3n) is 2.40. The van der Waals surface area contributed by atoms with Gasteiger partial charge in [-0.1, -0.05) is 0 Å². The van der Waals surface area contributed by atoms with Crippen molar-refractivity contribution < 1.29 is 29.0 Å². The fourth-order valence-electron chi connectivity index (χ4n) is 1.55. The molecule has 0 bridgehead atoms. The van der Waals surface area contributed by atoms with E-state index in [1.165, 1.54) is 14.0 Å². The maximum Gasteiger partial charge on any atom is 0.407 e. The van der Waals surface area contributed by atoms with E-state index in [1.54, 1.807) is 20.8 Å². The van der Waals surface area contributed by atoms with Gasteiger partial charge in [0, 0.05) is 6.54 Å². The summed E-state index contributed by atoms with van der Waals surface area (Å²) >= 11 is 0. The fourth-order valence-corrected chi connectivity index (χ4v) is 1.55. The highest BCUT2D eigenvalue weighted by Crippen LogP contribution is 2.06. The Labute approximate surface area is 130 Å². The number of rotatable bonds is 7. The van der Waals surface area contributed by atoms with E-state index in [0.29, 0.717) is 0 Å². The molecule has 0 heterocycles. The van der Waals surface area contributed by atoms with E-state index in [4.69, 9.17) is 9.84 Å². The molecule has 0 aliphatic heterocycles. The minimum Gasteiger partial charge on any atom is -0.467 e. The molecule has 0 aliphatic rings. The minimum absolute atomic E-state index is 0.118. The van der Waals surface area contributed by atoms with Crippen LogP contribution in [0.5, 0.6) is 0 Å². The van der Waals surface area contributed by atoms with Crippen LogP contribution in [0.25, 0.3) is 0 Å². The van der Waals surface area contributed by atoms with Gasteiger partial charge in [0.15, 0.2) is 0 Å². The Morgan fingerprint density at radius 3 is 2.27 bits per heavy atom. The smallest absolute Gasteiger partial charge is 0.407 e. The monoisotopic (exact) mass is 318 g/mol. The van der Waals surface area contributed by atoms with E-state index in [1.807, 2.05) is 0 Å². The van der Waals surface area contributed by atoms with Crippen LogP contribution in [0, 0.1) is 0 Å². The summed E-state index contributed by atoms with van der Waals surface area (Å²) in [5.74, 6) is -1.09. The molecule has 128 valence electrons. The molecular weight excluding hydrogens is 292 g/mol. The Morgan fingerprint density at radius 2 is 1.82 bits per heavy atom. The highest BCUT2D eigenvalue weighted by molar-refractivity contribution is 5.84. The Kier molecular flexibility index (Phi) is 8.47. The second-order valence-electron chi connectivity index (χ2n) is 5.91. The van der Waals surface area contributed by atoms with Crippen LogP contribution in [0.4, 0.5) is 4.79 Å².